The van der Waals surface area contributed by atoms with Crippen LogP contribution in [0.1, 0.15) is 42.7 Å². The van der Waals surface area contributed by atoms with Crippen LogP contribution in [0.2, 0.25) is 0 Å². The van der Waals surface area contributed by atoms with Crippen LogP contribution in [-0.2, 0) is 4.74 Å². The molecule has 0 saturated carbocycles. The maximum absolute atomic E-state index is 6.69. The summed E-state index contributed by atoms with van der Waals surface area (Å²) in [4.78, 5) is 2.46. The normalized spacial score (nSPS) is 25.1. The molecule has 30 heavy (non-hydrogen) atoms. The fourth-order valence-electron chi connectivity index (χ4n) is 4.81. The molecule has 0 N–H and O–H groups in total. The van der Waals surface area contributed by atoms with Crippen molar-refractivity contribution in [3.63, 3.8) is 0 Å². The van der Waals surface area contributed by atoms with Crippen LogP contribution in [-0.4, -0.2) is 45.6 Å². The highest BCUT2D eigenvalue weighted by Crippen LogP contribution is 2.50. The van der Waals surface area contributed by atoms with E-state index in [0.717, 1.165) is 42.0 Å². The molecule has 0 aromatic heterocycles. The molecule has 0 aliphatic carbocycles. The Morgan fingerprint density at radius 2 is 1.63 bits per heavy atom. The number of fused-ring (bicyclic) bond motifs is 2. The molecule has 0 spiro atoms. The Bertz CT molecular complexity index is 907. The van der Waals surface area contributed by atoms with Gasteiger partial charge in [0.1, 0.15) is 12.3 Å². The van der Waals surface area contributed by atoms with Crippen molar-refractivity contribution in [2.75, 3.05) is 34.7 Å². The number of rotatable bonds is 5. The van der Waals surface area contributed by atoms with Crippen LogP contribution < -0.4 is 23.7 Å². The largest absolute Gasteiger partial charge is 0.493 e. The Labute approximate surface area is 176 Å². The summed E-state index contributed by atoms with van der Waals surface area (Å²) in [5.41, 5.74) is 2.12. The Balaban J connectivity index is 1.52. The van der Waals surface area contributed by atoms with E-state index >= 15 is 0 Å². The summed E-state index contributed by atoms with van der Waals surface area (Å²) in [6.07, 6.45) is 3.24. The summed E-state index contributed by atoms with van der Waals surface area (Å²) >= 11 is 0. The van der Waals surface area contributed by atoms with Gasteiger partial charge in [-0.3, -0.25) is 4.90 Å². The van der Waals surface area contributed by atoms with Gasteiger partial charge in [-0.2, -0.15) is 0 Å². The predicted octanol–water partition coefficient (Wildman–Crippen LogP) is 4.07. The van der Waals surface area contributed by atoms with Gasteiger partial charge >= 0.3 is 0 Å². The lowest BCUT2D eigenvalue weighted by molar-refractivity contribution is -0.00390. The highest BCUT2D eigenvalue weighted by atomic mass is 16.7. The van der Waals surface area contributed by atoms with Gasteiger partial charge in [0.15, 0.2) is 23.0 Å². The van der Waals surface area contributed by atoms with Crippen molar-refractivity contribution >= 4 is 0 Å². The summed E-state index contributed by atoms with van der Waals surface area (Å²) in [6.45, 7) is 1.26. The molecule has 3 heterocycles. The first-order valence-electron chi connectivity index (χ1n) is 10.3. The van der Waals surface area contributed by atoms with Crippen molar-refractivity contribution in [1.29, 1.82) is 0 Å². The molecule has 2 aromatic carbocycles. The van der Waals surface area contributed by atoms with E-state index in [9.17, 15) is 0 Å². The van der Waals surface area contributed by atoms with Gasteiger partial charge in [-0.05, 0) is 42.7 Å². The Morgan fingerprint density at radius 1 is 0.867 bits per heavy atom. The Morgan fingerprint density at radius 3 is 2.37 bits per heavy atom. The number of piperidine rings is 1. The van der Waals surface area contributed by atoms with Crippen LogP contribution in [0.4, 0.5) is 0 Å². The third kappa shape index (κ3) is 3.13. The second kappa shape index (κ2) is 7.89. The molecule has 7 nitrogen and oxygen atoms in total. The van der Waals surface area contributed by atoms with E-state index in [1.807, 2.05) is 18.2 Å². The number of nitrogens with zero attached hydrogens (tertiary/aromatic N) is 1. The van der Waals surface area contributed by atoms with Crippen molar-refractivity contribution in [3.8, 4) is 28.7 Å². The van der Waals surface area contributed by atoms with Gasteiger partial charge in [0, 0.05) is 18.2 Å². The van der Waals surface area contributed by atoms with Gasteiger partial charge < -0.3 is 28.4 Å². The molecular weight excluding hydrogens is 386 g/mol. The first-order chi connectivity index (χ1) is 14.7. The van der Waals surface area contributed by atoms with Crippen molar-refractivity contribution in [1.82, 2.24) is 4.90 Å². The predicted molar refractivity (Wildman–Crippen MR) is 110 cm³/mol. The van der Waals surface area contributed by atoms with Crippen molar-refractivity contribution < 1.29 is 28.4 Å². The number of benzene rings is 2. The summed E-state index contributed by atoms with van der Waals surface area (Å²) < 4.78 is 34.4. The number of methoxy groups -OCH3 is 3. The molecule has 0 bridgehead atoms. The third-order valence-corrected chi connectivity index (χ3v) is 6.22. The summed E-state index contributed by atoms with van der Waals surface area (Å²) in [5, 5.41) is 0. The van der Waals surface area contributed by atoms with Crippen molar-refractivity contribution in [2.45, 2.75) is 37.6 Å². The molecular formula is C23H27NO6. The van der Waals surface area contributed by atoms with Crippen molar-refractivity contribution in [2.24, 2.45) is 0 Å². The standard InChI is InChI=1S/C23H27NO6/c1-25-19-11-15(12-20(26-2)22(19)27-3)23-24-9-5-4-6-16(24)21(30-23)14-7-8-17-18(10-14)29-13-28-17/h7-8,10-12,16,21,23H,4-6,9,13H2,1-3H3/t16-,21-,23-/m1/s1. The van der Waals surface area contributed by atoms with E-state index in [1.165, 1.54) is 6.42 Å². The molecule has 2 saturated heterocycles. The first-order valence-corrected chi connectivity index (χ1v) is 10.3. The van der Waals surface area contributed by atoms with Crippen molar-refractivity contribution in [3.05, 3.63) is 41.5 Å². The lowest BCUT2D eigenvalue weighted by atomic mass is 9.94. The average Bonchev–Trinajstić information content (AvgIpc) is 3.42. The lowest BCUT2D eigenvalue weighted by Gasteiger charge is -2.33. The zero-order chi connectivity index (χ0) is 20.7. The maximum Gasteiger partial charge on any atom is 0.231 e. The molecule has 2 fully saturated rings. The Kier molecular flexibility index (Phi) is 5.08. The molecule has 5 rings (SSSR count). The molecule has 0 unspecified atom stereocenters. The van der Waals surface area contributed by atoms with E-state index in [1.54, 1.807) is 21.3 Å². The van der Waals surface area contributed by atoms with Crippen LogP contribution in [0.15, 0.2) is 30.3 Å². The number of hydrogen-bond acceptors (Lipinski definition) is 7. The van der Waals surface area contributed by atoms with E-state index < -0.39 is 0 Å². The van der Waals surface area contributed by atoms with E-state index in [-0.39, 0.29) is 19.1 Å². The zero-order valence-corrected chi connectivity index (χ0v) is 17.6. The molecule has 3 aliphatic rings. The van der Waals surface area contributed by atoms with Gasteiger partial charge in [-0.25, -0.2) is 0 Å². The highest BCUT2D eigenvalue weighted by Gasteiger charge is 2.45. The quantitative estimate of drug-likeness (QED) is 0.732. The Hall–Kier alpha value is -2.64. The smallest absolute Gasteiger partial charge is 0.231 e. The van der Waals surface area contributed by atoms with Gasteiger partial charge in [-0.1, -0.05) is 12.5 Å². The third-order valence-electron chi connectivity index (χ3n) is 6.22. The minimum absolute atomic E-state index is 0.0381. The SMILES string of the molecule is COc1cc([C@H]2O[C@H](c3ccc4c(c3)OCO4)[C@H]3CCCCN23)cc(OC)c1OC. The fourth-order valence-corrected chi connectivity index (χ4v) is 4.81. The summed E-state index contributed by atoms with van der Waals surface area (Å²) in [5.74, 6) is 3.43. The topological polar surface area (TPSA) is 58.6 Å². The van der Waals surface area contributed by atoms with Crippen LogP contribution in [0.3, 0.4) is 0 Å². The van der Waals surface area contributed by atoms with Crippen LogP contribution in [0.5, 0.6) is 28.7 Å². The summed E-state index contributed by atoms with van der Waals surface area (Å²) in [7, 11) is 4.88. The molecule has 2 aromatic rings. The molecule has 0 radical (unpaired) electrons. The summed E-state index contributed by atoms with van der Waals surface area (Å²) in [6, 6.07) is 10.4. The second-order valence-electron chi connectivity index (χ2n) is 7.78. The monoisotopic (exact) mass is 413 g/mol. The minimum Gasteiger partial charge on any atom is -0.493 e. The van der Waals surface area contributed by atoms with Crippen LogP contribution in [0.25, 0.3) is 0 Å². The second-order valence-corrected chi connectivity index (χ2v) is 7.78. The minimum atomic E-state index is -0.181. The zero-order valence-electron chi connectivity index (χ0n) is 17.6. The lowest BCUT2D eigenvalue weighted by Crippen LogP contribution is -2.37. The maximum atomic E-state index is 6.69. The highest BCUT2D eigenvalue weighted by molar-refractivity contribution is 5.54. The van der Waals surface area contributed by atoms with Gasteiger partial charge in [0.25, 0.3) is 0 Å². The van der Waals surface area contributed by atoms with E-state index in [4.69, 9.17) is 28.4 Å². The molecule has 7 heteroatoms. The molecule has 3 atom stereocenters. The van der Waals surface area contributed by atoms with E-state index in [0.29, 0.717) is 23.3 Å². The molecule has 160 valence electrons. The number of ether oxygens (including phenoxy) is 6. The first kappa shape index (κ1) is 19.3. The molecule has 3 aliphatic heterocycles. The number of hydrogen-bond donors (Lipinski definition) is 0. The van der Waals surface area contributed by atoms with Gasteiger partial charge in [0.2, 0.25) is 12.5 Å². The fraction of sp³-hybridized carbons (Fsp3) is 0.478. The van der Waals surface area contributed by atoms with E-state index in [2.05, 4.69) is 17.0 Å². The van der Waals surface area contributed by atoms with Crippen LogP contribution in [0, 0.1) is 0 Å². The molecule has 0 amide bonds. The van der Waals surface area contributed by atoms with Gasteiger partial charge in [0.05, 0.1) is 21.3 Å². The van der Waals surface area contributed by atoms with Crippen LogP contribution >= 0.6 is 0 Å². The van der Waals surface area contributed by atoms with Gasteiger partial charge in [-0.15, -0.1) is 0 Å². The average molecular weight is 413 g/mol.